The van der Waals surface area contributed by atoms with E-state index in [9.17, 15) is 9.18 Å². The number of nitrogens with one attached hydrogen (secondary N) is 1. The van der Waals surface area contributed by atoms with Gasteiger partial charge in [-0.25, -0.2) is 9.07 Å². The highest BCUT2D eigenvalue weighted by Crippen LogP contribution is 2.07. The Labute approximate surface area is 121 Å². The third-order valence-electron chi connectivity index (χ3n) is 2.95. The van der Waals surface area contributed by atoms with Gasteiger partial charge in [0, 0.05) is 7.05 Å². The average molecular weight is 292 g/mol. The van der Waals surface area contributed by atoms with E-state index in [4.69, 9.17) is 0 Å². The van der Waals surface area contributed by atoms with Crippen molar-refractivity contribution in [3.05, 3.63) is 35.4 Å². The van der Waals surface area contributed by atoms with Gasteiger partial charge in [-0.05, 0) is 31.9 Å². The molecule has 112 valence electrons. The van der Waals surface area contributed by atoms with Crippen molar-refractivity contribution in [2.75, 3.05) is 7.05 Å². The predicted octanol–water partition coefficient (Wildman–Crippen LogP) is 0.707. The molecule has 1 atom stereocenters. The number of carbonyl (C=O) groups is 1. The molecule has 0 radical (unpaired) electrons. The molecule has 0 aliphatic heterocycles. The minimum absolute atomic E-state index is 0.0588. The Morgan fingerprint density at radius 2 is 2.19 bits per heavy atom. The van der Waals surface area contributed by atoms with Crippen molar-refractivity contribution in [3.8, 4) is 0 Å². The van der Waals surface area contributed by atoms with Crippen LogP contribution in [-0.4, -0.2) is 44.3 Å². The molecular formula is C13H17FN6O. The lowest BCUT2D eigenvalue weighted by molar-refractivity contribution is 0.0958. The van der Waals surface area contributed by atoms with Crippen LogP contribution in [0.3, 0.4) is 0 Å². The fourth-order valence-electron chi connectivity index (χ4n) is 1.78. The SMILES string of the molecule is CNC(=O)c1cn(C[C@H](F)CCc2ccc(C)nn2)nn1. The van der Waals surface area contributed by atoms with Crippen LogP contribution in [0.1, 0.15) is 28.3 Å². The Hall–Kier alpha value is -2.38. The quantitative estimate of drug-likeness (QED) is 0.847. The van der Waals surface area contributed by atoms with Gasteiger partial charge >= 0.3 is 0 Å². The topological polar surface area (TPSA) is 85.6 Å². The van der Waals surface area contributed by atoms with E-state index in [0.29, 0.717) is 12.8 Å². The largest absolute Gasteiger partial charge is 0.354 e. The Balaban J connectivity index is 1.84. The number of aromatic nitrogens is 5. The van der Waals surface area contributed by atoms with Gasteiger partial charge in [0.2, 0.25) is 0 Å². The van der Waals surface area contributed by atoms with E-state index in [1.807, 2.05) is 19.1 Å². The van der Waals surface area contributed by atoms with Gasteiger partial charge in [-0.2, -0.15) is 10.2 Å². The second-order valence-corrected chi connectivity index (χ2v) is 4.71. The van der Waals surface area contributed by atoms with Crippen molar-refractivity contribution in [1.82, 2.24) is 30.5 Å². The fraction of sp³-hybridized carbons (Fsp3) is 0.462. The van der Waals surface area contributed by atoms with Crippen LogP contribution in [0, 0.1) is 6.92 Å². The van der Waals surface area contributed by atoms with E-state index in [0.717, 1.165) is 11.4 Å². The number of rotatable bonds is 6. The number of nitrogens with zero attached hydrogens (tertiary/aromatic N) is 5. The number of hydrogen-bond donors (Lipinski definition) is 1. The second-order valence-electron chi connectivity index (χ2n) is 4.71. The summed E-state index contributed by atoms with van der Waals surface area (Å²) in [5.74, 6) is -0.341. The molecule has 0 aromatic carbocycles. The molecular weight excluding hydrogens is 275 g/mol. The fourth-order valence-corrected chi connectivity index (χ4v) is 1.78. The standard InChI is InChI=1S/C13H17FN6O/c1-9-3-5-11(17-16-9)6-4-10(14)7-20-8-12(18-19-20)13(21)15-2/h3,5,8,10H,4,6-7H2,1-2H3,(H,15,21)/t10-/m1/s1. The van der Waals surface area contributed by atoms with Crippen LogP contribution in [0.15, 0.2) is 18.3 Å². The number of carbonyl (C=O) groups excluding carboxylic acids is 1. The normalized spacial score (nSPS) is 12.1. The molecule has 0 saturated carbocycles. The van der Waals surface area contributed by atoms with Crippen LogP contribution in [0.5, 0.6) is 0 Å². The summed E-state index contributed by atoms with van der Waals surface area (Å²) in [4.78, 5) is 11.3. The zero-order valence-corrected chi connectivity index (χ0v) is 12.0. The molecule has 0 bridgehead atoms. The molecule has 2 aromatic rings. The lowest BCUT2D eigenvalue weighted by atomic mass is 10.1. The third-order valence-corrected chi connectivity index (χ3v) is 2.95. The van der Waals surface area contributed by atoms with Crippen molar-refractivity contribution < 1.29 is 9.18 Å². The summed E-state index contributed by atoms with van der Waals surface area (Å²) in [6, 6.07) is 3.69. The zero-order chi connectivity index (χ0) is 15.2. The Morgan fingerprint density at radius 3 is 2.86 bits per heavy atom. The molecule has 2 aromatic heterocycles. The lowest BCUT2D eigenvalue weighted by Gasteiger charge is -2.07. The molecule has 1 N–H and O–H groups in total. The molecule has 0 spiro atoms. The van der Waals surface area contributed by atoms with Crippen molar-refractivity contribution in [2.45, 2.75) is 32.5 Å². The van der Waals surface area contributed by atoms with Gasteiger partial charge in [-0.3, -0.25) is 4.79 Å². The first-order chi connectivity index (χ1) is 10.1. The molecule has 21 heavy (non-hydrogen) atoms. The first-order valence-corrected chi connectivity index (χ1v) is 6.64. The summed E-state index contributed by atoms with van der Waals surface area (Å²) >= 11 is 0. The molecule has 0 unspecified atom stereocenters. The van der Waals surface area contributed by atoms with E-state index < -0.39 is 6.17 Å². The third kappa shape index (κ3) is 4.30. The van der Waals surface area contributed by atoms with Crippen LogP contribution in [0.4, 0.5) is 4.39 Å². The highest BCUT2D eigenvalue weighted by atomic mass is 19.1. The summed E-state index contributed by atoms with van der Waals surface area (Å²) in [6.45, 7) is 1.91. The summed E-state index contributed by atoms with van der Waals surface area (Å²) in [5.41, 5.74) is 1.77. The molecule has 0 fully saturated rings. The molecule has 7 nitrogen and oxygen atoms in total. The molecule has 0 aliphatic carbocycles. The van der Waals surface area contributed by atoms with Crippen LogP contribution in [-0.2, 0) is 13.0 Å². The summed E-state index contributed by atoms with van der Waals surface area (Å²) in [7, 11) is 1.50. The van der Waals surface area contributed by atoms with Crippen LogP contribution < -0.4 is 5.32 Å². The first-order valence-electron chi connectivity index (χ1n) is 6.64. The van der Waals surface area contributed by atoms with Crippen molar-refractivity contribution in [1.29, 1.82) is 0 Å². The minimum atomic E-state index is -1.09. The average Bonchev–Trinajstić information content (AvgIpc) is 2.94. The highest BCUT2D eigenvalue weighted by molar-refractivity contribution is 5.91. The summed E-state index contributed by atoms with van der Waals surface area (Å²) in [6.07, 6.45) is 1.16. The lowest BCUT2D eigenvalue weighted by Crippen LogP contribution is -2.18. The molecule has 0 saturated heterocycles. The number of halogens is 1. The van der Waals surface area contributed by atoms with Crippen LogP contribution >= 0.6 is 0 Å². The molecule has 2 rings (SSSR count). The van der Waals surface area contributed by atoms with Crippen molar-refractivity contribution >= 4 is 5.91 Å². The number of hydrogen-bond acceptors (Lipinski definition) is 5. The first kappa shape index (κ1) is 15.0. The maximum Gasteiger partial charge on any atom is 0.273 e. The van der Waals surface area contributed by atoms with E-state index in [1.54, 1.807) is 0 Å². The Bertz CT molecular complexity index is 597. The van der Waals surface area contributed by atoms with E-state index in [2.05, 4.69) is 25.8 Å². The number of alkyl halides is 1. The Morgan fingerprint density at radius 1 is 1.38 bits per heavy atom. The molecule has 0 aliphatic rings. The highest BCUT2D eigenvalue weighted by Gasteiger charge is 2.13. The van der Waals surface area contributed by atoms with Gasteiger partial charge in [0.1, 0.15) is 6.17 Å². The van der Waals surface area contributed by atoms with Crippen LogP contribution in [0.25, 0.3) is 0 Å². The molecule has 8 heteroatoms. The minimum Gasteiger partial charge on any atom is -0.354 e. The predicted molar refractivity (Wildman–Crippen MR) is 73.4 cm³/mol. The monoisotopic (exact) mass is 292 g/mol. The zero-order valence-electron chi connectivity index (χ0n) is 12.0. The van der Waals surface area contributed by atoms with Gasteiger partial charge in [-0.15, -0.1) is 5.10 Å². The maximum atomic E-state index is 13.9. The summed E-state index contributed by atoms with van der Waals surface area (Å²) < 4.78 is 15.2. The van der Waals surface area contributed by atoms with E-state index in [1.165, 1.54) is 17.9 Å². The number of amides is 1. The van der Waals surface area contributed by atoms with Gasteiger partial charge in [0.15, 0.2) is 5.69 Å². The number of aryl methyl sites for hydroxylation is 2. The Kier molecular flexibility index (Phi) is 4.91. The van der Waals surface area contributed by atoms with Crippen LogP contribution in [0.2, 0.25) is 0 Å². The second kappa shape index (κ2) is 6.87. The molecule has 1 amide bonds. The van der Waals surface area contributed by atoms with E-state index >= 15 is 0 Å². The van der Waals surface area contributed by atoms with Crippen molar-refractivity contribution in [2.24, 2.45) is 0 Å². The van der Waals surface area contributed by atoms with Crippen molar-refractivity contribution in [3.63, 3.8) is 0 Å². The maximum absolute atomic E-state index is 13.9. The smallest absolute Gasteiger partial charge is 0.273 e. The molecule has 2 heterocycles. The van der Waals surface area contributed by atoms with Gasteiger partial charge in [-0.1, -0.05) is 5.21 Å². The van der Waals surface area contributed by atoms with Gasteiger partial charge in [0.25, 0.3) is 5.91 Å². The van der Waals surface area contributed by atoms with Gasteiger partial charge in [0.05, 0.1) is 24.1 Å². The van der Waals surface area contributed by atoms with Gasteiger partial charge < -0.3 is 5.32 Å². The van der Waals surface area contributed by atoms with E-state index in [-0.39, 0.29) is 18.1 Å². The summed E-state index contributed by atoms with van der Waals surface area (Å²) in [5, 5.41) is 17.8.